The van der Waals surface area contributed by atoms with Gasteiger partial charge in [-0.2, -0.15) is 0 Å². The summed E-state index contributed by atoms with van der Waals surface area (Å²) in [6.45, 7) is 2.56. The molecule has 0 unspecified atom stereocenters. The van der Waals surface area contributed by atoms with Crippen molar-refractivity contribution in [2.45, 2.75) is 13.5 Å². The fraction of sp³-hybridized carbons (Fsp3) is 0.211. The number of carbonyl (C=O) groups excluding carboxylic acids is 1. The number of aryl methyl sites for hydroxylation is 1. The Labute approximate surface area is 135 Å². The third-order valence-electron chi connectivity index (χ3n) is 4.03. The SMILES string of the molecule is Cc1ccc(CNC(=O)COc2ccc3ccccc3c2)n1C. The van der Waals surface area contributed by atoms with Gasteiger partial charge in [-0.15, -0.1) is 0 Å². The predicted molar refractivity (Wildman–Crippen MR) is 91.4 cm³/mol. The molecule has 0 bridgehead atoms. The zero-order chi connectivity index (χ0) is 16.2. The molecule has 1 amide bonds. The van der Waals surface area contributed by atoms with Crippen LogP contribution in [0.4, 0.5) is 0 Å². The van der Waals surface area contributed by atoms with Crippen molar-refractivity contribution in [2.75, 3.05) is 6.61 Å². The Morgan fingerprint density at radius 3 is 2.61 bits per heavy atom. The summed E-state index contributed by atoms with van der Waals surface area (Å²) in [5.41, 5.74) is 2.24. The molecule has 0 saturated heterocycles. The van der Waals surface area contributed by atoms with Crippen LogP contribution in [0.1, 0.15) is 11.4 Å². The Morgan fingerprint density at radius 2 is 1.87 bits per heavy atom. The summed E-state index contributed by atoms with van der Waals surface area (Å²) >= 11 is 0. The largest absolute Gasteiger partial charge is 0.484 e. The van der Waals surface area contributed by atoms with E-state index in [1.807, 2.05) is 68.6 Å². The van der Waals surface area contributed by atoms with E-state index in [-0.39, 0.29) is 12.5 Å². The highest BCUT2D eigenvalue weighted by atomic mass is 16.5. The van der Waals surface area contributed by atoms with Gasteiger partial charge in [0.05, 0.1) is 6.54 Å². The summed E-state index contributed by atoms with van der Waals surface area (Å²) in [6.07, 6.45) is 0. The Bertz CT molecular complexity index is 836. The van der Waals surface area contributed by atoms with E-state index in [9.17, 15) is 4.79 Å². The van der Waals surface area contributed by atoms with Crippen molar-refractivity contribution in [1.29, 1.82) is 0 Å². The van der Waals surface area contributed by atoms with E-state index in [1.54, 1.807) is 0 Å². The van der Waals surface area contributed by atoms with Gasteiger partial charge >= 0.3 is 0 Å². The number of rotatable bonds is 5. The maximum absolute atomic E-state index is 11.9. The fourth-order valence-corrected chi connectivity index (χ4v) is 2.49. The van der Waals surface area contributed by atoms with E-state index >= 15 is 0 Å². The first-order valence-electron chi connectivity index (χ1n) is 7.63. The Morgan fingerprint density at radius 1 is 1.09 bits per heavy atom. The van der Waals surface area contributed by atoms with E-state index < -0.39 is 0 Å². The lowest BCUT2D eigenvalue weighted by atomic mass is 10.1. The Balaban J connectivity index is 1.54. The third-order valence-corrected chi connectivity index (χ3v) is 4.03. The molecule has 1 aromatic heterocycles. The molecule has 4 nitrogen and oxygen atoms in total. The highest BCUT2D eigenvalue weighted by Gasteiger charge is 2.06. The van der Waals surface area contributed by atoms with Crippen LogP contribution in [0.2, 0.25) is 0 Å². The molecular formula is C19H20N2O2. The van der Waals surface area contributed by atoms with Crippen LogP contribution in [0.5, 0.6) is 5.75 Å². The zero-order valence-electron chi connectivity index (χ0n) is 13.4. The Kier molecular flexibility index (Phi) is 4.33. The number of benzene rings is 2. The van der Waals surface area contributed by atoms with Gasteiger partial charge in [0.25, 0.3) is 5.91 Å². The van der Waals surface area contributed by atoms with Crippen LogP contribution in [-0.4, -0.2) is 17.1 Å². The van der Waals surface area contributed by atoms with Crippen molar-refractivity contribution in [3.63, 3.8) is 0 Å². The molecule has 0 aliphatic carbocycles. The van der Waals surface area contributed by atoms with Gasteiger partial charge < -0.3 is 14.6 Å². The van der Waals surface area contributed by atoms with Gasteiger partial charge in [0.2, 0.25) is 0 Å². The molecule has 0 aliphatic rings. The van der Waals surface area contributed by atoms with Crippen molar-refractivity contribution in [1.82, 2.24) is 9.88 Å². The summed E-state index contributed by atoms with van der Waals surface area (Å²) in [7, 11) is 1.99. The maximum Gasteiger partial charge on any atom is 0.258 e. The van der Waals surface area contributed by atoms with Crippen LogP contribution in [0.15, 0.2) is 54.6 Å². The van der Waals surface area contributed by atoms with E-state index in [0.717, 1.165) is 16.5 Å². The minimum absolute atomic E-state index is 0.0156. The number of ether oxygens (including phenoxy) is 1. The van der Waals surface area contributed by atoms with Gasteiger partial charge in [-0.3, -0.25) is 4.79 Å². The van der Waals surface area contributed by atoms with Crippen LogP contribution in [0.25, 0.3) is 10.8 Å². The second-order valence-corrected chi connectivity index (χ2v) is 5.60. The lowest BCUT2D eigenvalue weighted by Gasteiger charge is -2.09. The Hall–Kier alpha value is -2.75. The van der Waals surface area contributed by atoms with Crippen LogP contribution in [-0.2, 0) is 18.4 Å². The number of fused-ring (bicyclic) bond motifs is 1. The molecule has 0 saturated carbocycles. The van der Waals surface area contributed by atoms with E-state index in [4.69, 9.17) is 4.74 Å². The number of aromatic nitrogens is 1. The molecule has 2 aromatic carbocycles. The standard InChI is InChI=1S/C19H20N2O2/c1-14-7-9-17(21(14)2)12-20-19(22)13-23-18-10-8-15-5-3-4-6-16(15)11-18/h3-11H,12-13H2,1-2H3,(H,20,22). The molecule has 1 N–H and O–H groups in total. The normalized spacial score (nSPS) is 10.7. The second kappa shape index (κ2) is 6.57. The number of hydrogen-bond acceptors (Lipinski definition) is 2. The second-order valence-electron chi connectivity index (χ2n) is 5.60. The fourth-order valence-electron chi connectivity index (χ4n) is 2.49. The van der Waals surface area contributed by atoms with Crippen LogP contribution in [0, 0.1) is 6.92 Å². The highest BCUT2D eigenvalue weighted by molar-refractivity contribution is 5.84. The number of hydrogen-bond donors (Lipinski definition) is 1. The van der Waals surface area contributed by atoms with Gasteiger partial charge in [0.15, 0.2) is 6.61 Å². The summed E-state index contributed by atoms with van der Waals surface area (Å²) in [5, 5.41) is 5.13. The monoisotopic (exact) mass is 308 g/mol. The summed E-state index contributed by atoms with van der Waals surface area (Å²) in [5.74, 6) is 0.575. The highest BCUT2D eigenvalue weighted by Crippen LogP contribution is 2.20. The topological polar surface area (TPSA) is 43.3 Å². The molecule has 0 aliphatic heterocycles. The first-order chi connectivity index (χ1) is 11.1. The zero-order valence-corrected chi connectivity index (χ0v) is 13.4. The van der Waals surface area contributed by atoms with Crippen molar-refractivity contribution in [3.8, 4) is 5.75 Å². The van der Waals surface area contributed by atoms with E-state index in [2.05, 4.69) is 9.88 Å². The minimum Gasteiger partial charge on any atom is -0.484 e. The van der Waals surface area contributed by atoms with Gasteiger partial charge in [0, 0.05) is 18.4 Å². The molecule has 0 atom stereocenters. The quantitative estimate of drug-likeness (QED) is 0.786. The maximum atomic E-state index is 11.9. The van der Waals surface area contributed by atoms with E-state index in [1.165, 1.54) is 5.69 Å². The van der Waals surface area contributed by atoms with Crippen LogP contribution < -0.4 is 10.1 Å². The molecule has 3 aromatic rings. The third kappa shape index (κ3) is 3.54. The van der Waals surface area contributed by atoms with Crippen molar-refractivity contribution in [2.24, 2.45) is 7.05 Å². The first kappa shape index (κ1) is 15.2. The lowest BCUT2D eigenvalue weighted by molar-refractivity contribution is -0.123. The predicted octanol–water partition coefficient (Wildman–Crippen LogP) is 3.18. The van der Waals surface area contributed by atoms with Gasteiger partial charge in [-0.05, 0) is 42.0 Å². The molecule has 4 heteroatoms. The average Bonchev–Trinajstić information content (AvgIpc) is 2.89. The number of nitrogens with zero attached hydrogens (tertiary/aromatic N) is 1. The molecule has 0 spiro atoms. The summed E-state index contributed by atoms with van der Waals surface area (Å²) in [4.78, 5) is 11.9. The molecule has 3 rings (SSSR count). The van der Waals surface area contributed by atoms with Crippen molar-refractivity contribution >= 4 is 16.7 Å². The molecule has 0 fully saturated rings. The van der Waals surface area contributed by atoms with Crippen LogP contribution >= 0.6 is 0 Å². The van der Waals surface area contributed by atoms with Gasteiger partial charge in [-0.25, -0.2) is 0 Å². The summed E-state index contributed by atoms with van der Waals surface area (Å²) < 4.78 is 7.64. The van der Waals surface area contributed by atoms with Crippen molar-refractivity contribution in [3.05, 3.63) is 66.0 Å². The smallest absolute Gasteiger partial charge is 0.258 e. The number of carbonyl (C=O) groups is 1. The molecule has 1 heterocycles. The van der Waals surface area contributed by atoms with Gasteiger partial charge in [0.1, 0.15) is 5.75 Å². The first-order valence-corrected chi connectivity index (χ1v) is 7.63. The molecular weight excluding hydrogens is 288 g/mol. The molecule has 0 radical (unpaired) electrons. The van der Waals surface area contributed by atoms with E-state index in [0.29, 0.717) is 12.3 Å². The summed E-state index contributed by atoms with van der Waals surface area (Å²) in [6, 6.07) is 17.9. The van der Waals surface area contributed by atoms with Crippen molar-refractivity contribution < 1.29 is 9.53 Å². The molecule has 118 valence electrons. The number of nitrogens with one attached hydrogen (secondary N) is 1. The van der Waals surface area contributed by atoms with Crippen LogP contribution in [0.3, 0.4) is 0 Å². The average molecular weight is 308 g/mol. The van der Waals surface area contributed by atoms with Gasteiger partial charge in [-0.1, -0.05) is 30.3 Å². The molecule has 23 heavy (non-hydrogen) atoms. The lowest BCUT2D eigenvalue weighted by Crippen LogP contribution is -2.29. The minimum atomic E-state index is -0.128. The number of amides is 1.